The summed E-state index contributed by atoms with van der Waals surface area (Å²) in [7, 11) is -3.65. The normalized spacial score (nSPS) is 11.0. The number of carbonyl (C=O) groups excluding carboxylic acids is 1. The zero-order chi connectivity index (χ0) is 13.9. The van der Waals surface area contributed by atoms with Gasteiger partial charge in [-0.1, -0.05) is 17.7 Å². The standard InChI is InChI=1S/C13H12N2O3S/c1-10-2-5-12(6-3-10)19(17,18)15-13-7-4-11(9-16)8-14-13/h2-9H,1H3,(H,14,15). The van der Waals surface area contributed by atoms with E-state index in [-0.39, 0.29) is 10.7 Å². The zero-order valence-electron chi connectivity index (χ0n) is 10.2. The van der Waals surface area contributed by atoms with Crippen LogP contribution in [0.3, 0.4) is 0 Å². The Morgan fingerprint density at radius 2 is 1.79 bits per heavy atom. The first-order valence-electron chi connectivity index (χ1n) is 5.52. The molecule has 6 heteroatoms. The lowest BCUT2D eigenvalue weighted by molar-refractivity contribution is 0.112. The Kier molecular flexibility index (Phi) is 3.62. The fourth-order valence-electron chi connectivity index (χ4n) is 1.45. The summed E-state index contributed by atoms with van der Waals surface area (Å²) in [6.07, 6.45) is 1.95. The number of nitrogens with zero attached hydrogens (tertiary/aromatic N) is 1. The monoisotopic (exact) mass is 276 g/mol. The molecular formula is C13H12N2O3S. The first kappa shape index (κ1) is 13.2. The third-order valence-electron chi connectivity index (χ3n) is 2.49. The molecule has 0 saturated heterocycles. The lowest BCUT2D eigenvalue weighted by Gasteiger charge is -2.07. The Bertz CT molecular complexity index is 677. The van der Waals surface area contributed by atoms with Gasteiger partial charge in [0.25, 0.3) is 10.0 Å². The molecule has 0 aliphatic carbocycles. The molecule has 1 N–H and O–H groups in total. The topological polar surface area (TPSA) is 76.1 Å². The average Bonchev–Trinajstić information content (AvgIpc) is 2.40. The van der Waals surface area contributed by atoms with Gasteiger partial charge in [-0.25, -0.2) is 13.4 Å². The fourth-order valence-corrected chi connectivity index (χ4v) is 2.46. The highest BCUT2D eigenvalue weighted by molar-refractivity contribution is 7.92. The van der Waals surface area contributed by atoms with Crippen LogP contribution in [0, 0.1) is 6.92 Å². The van der Waals surface area contributed by atoms with Crippen molar-refractivity contribution in [3.63, 3.8) is 0 Å². The maximum atomic E-state index is 12.0. The molecule has 1 aromatic carbocycles. The second kappa shape index (κ2) is 5.19. The summed E-state index contributed by atoms with van der Waals surface area (Å²) in [6, 6.07) is 9.42. The number of aromatic nitrogens is 1. The van der Waals surface area contributed by atoms with Gasteiger partial charge < -0.3 is 0 Å². The predicted octanol–water partition coefficient (Wildman–Crippen LogP) is 2.00. The highest BCUT2D eigenvalue weighted by atomic mass is 32.2. The molecule has 1 heterocycles. The summed E-state index contributed by atoms with van der Waals surface area (Å²) < 4.78 is 26.4. The van der Waals surface area contributed by atoms with Gasteiger partial charge in [-0.2, -0.15) is 0 Å². The predicted molar refractivity (Wildman–Crippen MR) is 71.6 cm³/mol. The molecule has 1 aromatic heterocycles. The van der Waals surface area contributed by atoms with Crippen molar-refractivity contribution in [1.82, 2.24) is 4.98 Å². The number of hydrogen-bond donors (Lipinski definition) is 1. The van der Waals surface area contributed by atoms with E-state index in [1.165, 1.54) is 30.5 Å². The van der Waals surface area contributed by atoms with Crippen molar-refractivity contribution in [3.8, 4) is 0 Å². The van der Waals surface area contributed by atoms with Crippen LogP contribution in [0.25, 0.3) is 0 Å². The molecule has 0 aliphatic rings. The fraction of sp³-hybridized carbons (Fsp3) is 0.0769. The third kappa shape index (κ3) is 3.17. The molecule has 0 bridgehead atoms. The minimum atomic E-state index is -3.65. The molecule has 0 spiro atoms. The zero-order valence-corrected chi connectivity index (χ0v) is 11.0. The van der Waals surface area contributed by atoms with Gasteiger partial charge in [0.15, 0.2) is 6.29 Å². The first-order chi connectivity index (χ1) is 9.01. The van der Waals surface area contributed by atoms with Gasteiger partial charge in [0.2, 0.25) is 0 Å². The second-order valence-corrected chi connectivity index (χ2v) is 5.70. The number of anilines is 1. The van der Waals surface area contributed by atoms with Crippen molar-refractivity contribution in [2.75, 3.05) is 4.72 Å². The van der Waals surface area contributed by atoms with Gasteiger partial charge in [-0.3, -0.25) is 9.52 Å². The average molecular weight is 276 g/mol. The second-order valence-electron chi connectivity index (χ2n) is 4.01. The van der Waals surface area contributed by atoms with Crippen LogP contribution in [0.15, 0.2) is 47.5 Å². The molecule has 2 rings (SSSR count). The smallest absolute Gasteiger partial charge is 0.263 e. The first-order valence-corrected chi connectivity index (χ1v) is 7.00. The number of aryl methyl sites for hydroxylation is 1. The minimum absolute atomic E-state index is 0.166. The van der Waals surface area contributed by atoms with Gasteiger partial charge in [0, 0.05) is 11.8 Å². The van der Waals surface area contributed by atoms with Crippen LogP contribution in [-0.4, -0.2) is 19.7 Å². The van der Waals surface area contributed by atoms with Gasteiger partial charge in [-0.15, -0.1) is 0 Å². The SMILES string of the molecule is Cc1ccc(S(=O)(=O)Nc2ccc(C=O)cn2)cc1. The lowest BCUT2D eigenvalue weighted by Crippen LogP contribution is -2.13. The molecular weight excluding hydrogens is 264 g/mol. The van der Waals surface area contributed by atoms with E-state index in [0.717, 1.165) is 5.56 Å². The third-order valence-corrected chi connectivity index (χ3v) is 3.86. The van der Waals surface area contributed by atoms with E-state index < -0.39 is 10.0 Å². The number of sulfonamides is 1. The van der Waals surface area contributed by atoms with Gasteiger partial charge in [-0.05, 0) is 31.2 Å². The maximum absolute atomic E-state index is 12.0. The van der Waals surface area contributed by atoms with E-state index in [9.17, 15) is 13.2 Å². The molecule has 0 atom stereocenters. The van der Waals surface area contributed by atoms with Crippen molar-refractivity contribution >= 4 is 22.1 Å². The summed E-state index contributed by atoms with van der Waals surface area (Å²) in [5, 5.41) is 0. The molecule has 0 saturated carbocycles. The van der Waals surface area contributed by atoms with Crippen LogP contribution in [0.1, 0.15) is 15.9 Å². The highest BCUT2D eigenvalue weighted by Crippen LogP contribution is 2.14. The van der Waals surface area contributed by atoms with Crippen molar-refractivity contribution in [2.24, 2.45) is 0 Å². The van der Waals surface area contributed by atoms with E-state index in [1.807, 2.05) is 6.92 Å². The van der Waals surface area contributed by atoms with Crippen LogP contribution in [0.5, 0.6) is 0 Å². The Labute approximate surface area is 111 Å². The molecule has 0 amide bonds. The van der Waals surface area contributed by atoms with Crippen LogP contribution >= 0.6 is 0 Å². The molecule has 0 radical (unpaired) electrons. The van der Waals surface area contributed by atoms with Gasteiger partial charge in [0.05, 0.1) is 4.90 Å². The van der Waals surface area contributed by atoms with E-state index in [2.05, 4.69) is 9.71 Å². The Balaban J connectivity index is 2.25. The van der Waals surface area contributed by atoms with E-state index in [4.69, 9.17) is 0 Å². The minimum Gasteiger partial charge on any atom is -0.298 e. The van der Waals surface area contributed by atoms with Gasteiger partial charge >= 0.3 is 0 Å². The van der Waals surface area contributed by atoms with Crippen LogP contribution < -0.4 is 4.72 Å². The van der Waals surface area contributed by atoms with Crippen LogP contribution in [-0.2, 0) is 10.0 Å². The number of nitrogens with one attached hydrogen (secondary N) is 1. The molecule has 5 nitrogen and oxygen atoms in total. The number of hydrogen-bond acceptors (Lipinski definition) is 4. The van der Waals surface area contributed by atoms with Crippen LogP contribution in [0.2, 0.25) is 0 Å². The number of aldehydes is 1. The van der Waals surface area contributed by atoms with Crippen molar-refractivity contribution in [1.29, 1.82) is 0 Å². The molecule has 98 valence electrons. The summed E-state index contributed by atoms with van der Waals surface area (Å²) in [4.78, 5) is 14.5. The quantitative estimate of drug-likeness (QED) is 0.867. The molecule has 2 aromatic rings. The molecule has 0 aliphatic heterocycles. The summed E-state index contributed by atoms with van der Waals surface area (Å²) in [6.45, 7) is 1.88. The van der Waals surface area contributed by atoms with Crippen LogP contribution in [0.4, 0.5) is 5.82 Å². The summed E-state index contributed by atoms with van der Waals surface area (Å²) in [5.41, 5.74) is 1.37. The van der Waals surface area contributed by atoms with Crippen molar-refractivity contribution in [3.05, 3.63) is 53.7 Å². The van der Waals surface area contributed by atoms with E-state index in [0.29, 0.717) is 11.8 Å². The Morgan fingerprint density at radius 3 is 2.32 bits per heavy atom. The largest absolute Gasteiger partial charge is 0.298 e. The Morgan fingerprint density at radius 1 is 1.11 bits per heavy atom. The number of benzene rings is 1. The number of rotatable bonds is 4. The van der Waals surface area contributed by atoms with Crippen molar-refractivity contribution in [2.45, 2.75) is 11.8 Å². The lowest BCUT2D eigenvalue weighted by atomic mass is 10.2. The molecule has 19 heavy (non-hydrogen) atoms. The summed E-state index contributed by atoms with van der Waals surface area (Å²) in [5.74, 6) is 0.172. The highest BCUT2D eigenvalue weighted by Gasteiger charge is 2.14. The number of carbonyl (C=O) groups is 1. The molecule has 0 fully saturated rings. The Hall–Kier alpha value is -2.21. The maximum Gasteiger partial charge on any atom is 0.263 e. The van der Waals surface area contributed by atoms with Gasteiger partial charge in [0.1, 0.15) is 5.82 Å². The molecule has 0 unspecified atom stereocenters. The van der Waals surface area contributed by atoms with E-state index in [1.54, 1.807) is 12.1 Å². The summed E-state index contributed by atoms with van der Waals surface area (Å²) >= 11 is 0. The van der Waals surface area contributed by atoms with Crippen molar-refractivity contribution < 1.29 is 13.2 Å². The van der Waals surface area contributed by atoms with E-state index >= 15 is 0 Å². The number of pyridine rings is 1.